The Kier molecular flexibility index (Phi) is 5.14. The average molecular weight is 338 g/mol. The molecule has 130 valence electrons. The van der Waals surface area contributed by atoms with Crippen LogP contribution in [0.25, 0.3) is 0 Å². The first-order valence-electron chi connectivity index (χ1n) is 8.52. The van der Waals surface area contributed by atoms with Crippen LogP contribution in [0.2, 0.25) is 0 Å². The second-order valence-electron chi connectivity index (χ2n) is 6.50. The maximum absolute atomic E-state index is 12.4. The van der Waals surface area contributed by atoms with Crippen molar-refractivity contribution >= 4 is 17.5 Å². The van der Waals surface area contributed by atoms with Crippen molar-refractivity contribution in [1.82, 2.24) is 5.32 Å². The van der Waals surface area contributed by atoms with Crippen LogP contribution in [0.3, 0.4) is 0 Å². The minimum atomic E-state index is -0.489. The van der Waals surface area contributed by atoms with Gasteiger partial charge in [0.05, 0.1) is 12.1 Å². The van der Waals surface area contributed by atoms with Crippen molar-refractivity contribution < 1.29 is 14.7 Å². The highest BCUT2D eigenvalue weighted by atomic mass is 16.3. The maximum Gasteiger partial charge on any atom is 0.255 e. The van der Waals surface area contributed by atoms with Gasteiger partial charge in [0.15, 0.2) is 0 Å². The molecule has 0 spiro atoms. The molecular formula is C20H22N2O3. The average Bonchev–Trinajstić information content (AvgIpc) is 3.12. The van der Waals surface area contributed by atoms with E-state index in [0.717, 1.165) is 25.7 Å². The third-order valence-corrected chi connectivity index (χ3v) is 4.68. The second-order valence-corrected chi connectivity index (χ2v) is 6.50. The first-order chi connectivity index (χ1) is 12.1. The highest BCUT2D eigenvalue weighted by Gasteiger charge is 2.34. The minimum absolute atomic E-state index is 0.0377. The van der Waals surface area contributed by atoms with E-state index in [1.165, 1.54) is 0 Å². The summed E-state index contributed by atoms with van der Waals surface area (Å²) in [5.41, 5.74) is 1.23. The Balaban J connectivity index is 1.64. The molecule has 1 fully saturated rings. The van der Waals surface area contributed by atoms with Crippen molar-refractivity contribution in [3.05, 3.63) is 65.7 Å². The van der Waals surface area contributed by atoms with Gasteiger partial charge in [-0.15, -0.1) is 0 Å². The molecule has 3 N–H and O–H groups in total. The summed E-state index contributed by atoms with van der Waals surface area (Å²) in [7, 11) is 0. The zero-order valence-electron chi connectivity index (χ0n) is 14.0. The van der Waals surface area contributed by atoms with Crippen LogP contribution in [-0.4, -0.2) is 29.1 Å². The highest BCUT2D eigenvalue weighted by Crippen LogP contribution is 2.29. The van der Waals surface area contributed by atoms with Gasteiger partial charge in [-0.25, -0.2) is 0 Å². The molecular weight excluding hydrogens is 316 g/mol. The smallest absolute Gasteiger partial charge is 0.255 e. The van der Waals surface area contributed by atoms with Crippen LogP contribution in [0.5, 0.6) is 0 Å². The molecule has 0 atom stereocenters. The van der Waals surface area contributed by atoms with E-state index in [0.29, 0.717) is 16.8 Å². The molecule has 25 heavy (non-hydrogen) atoms. The molecule has 0 radical (unpaired) electrons. The van der Waals surface area contributed by atoms with E-state index in [9.17, 15) is 14.7 Å². The Bertz CT molecular complexity index is 735. The van der Waals surface area contributed by atoms with Gasteiger partial charge in [0, 0.05) is 16.8 Å². The SMILES string of the molecule is O=C(Nc1ccc(C(=O)NC2(CO)CCCC2)cc1)c1ccccc1. The van der Waals surface area contributed by atoms with Crippen LogP contribution < -0.4 is 10.6 Å². The normalized spacial score (nSPS) is 15.6. The predicted octanol–water partition coefficient (Wildman–Crippen LogP) is 2.97. The third-order valence-electron chi connectivity index (χ3n) is 4.68. The van der Waals surface area contributed by atoms with Crippen molar-refractivity contribution in [1.29, 1.82) is 0 Å². The fraction of sp³-hybridized carbons (Fsp3) is 0.300. The van der Waals surface area contributed by atoms with Crippen LogP contribution in [0, 0.1) is 0 Å². The molecule has 2 aromatic carbocycles. The summed E-state index contributed by atoms with van der Waals surface area (Å²) in [6.07, 6.45) is 3.65. The number of hydrogen-bond donors (Lipinski definition) is 3. The molecule has 0 unspecified atom stereocenters. The first kappa shape index (κ1) is 17.2. The van der Waals surface area contributed by atoms with Crippen LogP contribution in [0.4, 0.5) is 5.69 Å². The first-order valence-corrected chi connectivity index (χ1v) is 8.52. The van der Waals surface area contributed by atoms with Crippen molar-refractivity contribution in [3.63, 3.8) is 0 Å². The molecule has 0 saturated heterocycles. The molecule has 5 heteroatoms. The monoisotopic (exact) mass is 338 g/mol. The number of carbonyl (C=O) groups excluding carboxylic acids is 2. The van der Waals surface area contributed by atoms with Crippen LogP contribution >= 0.6 is 0 Å². The number of carbonyl (C=O) groups is 2. The van der Waals surface area contributed by atoms with Crippen molar-refractivity contribution in [2.45, 2.75) is 31.2 Å². The molecule has 2 amide bonds. The predicted molar refractivity (Wildman–Crippen MR) is 96.6 cm³/mol. The Morgan fingerprint density at radius 1 is 0.880 bits per heavy atom. The zero-order chi connectivity index (χ0) is 17.7. The van der Waals surface area contributed by atoms with Gasteiger partial charge in [-0.1, -0.05) is 31.0 Å². The number of rotatable bonds is 5. The van der Waals surface area contributed by atoms with Crippen molar-refractivity contribution in [3.8, 4) is 0 Å². The largest absolute Gasteiger partial charge is 0.394 e. The summed E-state index contributed by atoms with van der Waals surface area (Å²) in [4.78, 5) is 24.5. The lowest BCUT2D eigenvalue weighted by Crippen LogP contribution is -2.49. The van der Waals surface area contributed by atoms with E-state index >= 15 is 0 Å². The molecule has 1 saturated carbocycles. The highest BCUT2D eigenvalue weighted by molar-refractivity contribution is 6.04. The molecule has 0 aliphatic heterocycles. The summed E-state index contributed by atoms with van der Waals surface area (Å²) >= 11 is 0. The standard InChI is InChI=1S/C20H22N2O3/c23-14-20(12-4-5-13-20)22-19(25)16-8-10-17(11-9-16)21-18(24)15-6-2-1-3-7-15/h1-3,6-11,23H,4-5,12-14H2,(H,21,24)(H,22,25). The summed E-state index contributed by atoms with van der Waals surface area (Å²) < 4.78 is 0. The van der Waals surface area contributed by atoms with Gasteiger partial charge >= 0.3 is 0 Å². The molecule has 0 aromatic heterocycles. The van der Waals surface area contributed by atoms with Gasteiger partial charge < -0.3 is 15.7 Å². The number of aliphatic hydroxyl groups is 1. The number of hydrogen-bond acceptors (Lipinski definition) is 3. The molecule has 1 aliphatic carbocycles. The number of benzene rings is 2. The van der Waals surface area contributed by atoms with Gasteiger partial charge in [-0.05, 0) is 49.2 Å². The topological polar surface area (TPSA) is 78.4 Å². The van der Waals surface area contributed by atoms with E-state index in [4.69, 9.17) is 0 Å². The van der Waals surface area contributed by atoms with E-state index in [1.54, 1.807) is 36.4 Å². The van der Waals surface area contributed by atoms with Gasteiger partial charge in [-0.3, -0.25) is 9.59 Å². The fourth-order valence-corrected chi connectivity index (χ4v) is 3.19. The molecule has 5 nitrogen and oxygen atoms in total. The Morgan fingerprint density at radius 3 is 2.08 bits per heavy atom. The Hall–Kier alpha value is -2.66. The molecule has 2 aromatic rings. The summed E-state index contributed by atoms with van der Waals surface area (Å²) in [6, 6.07) is 15.7. The lowest BCUT2D eigenvalue weighted by Gasteiger charge is -2.28. The van der Waals surface area contributed by atoms with E-state index in [1.807, 2.05) is 18.2 Å². The molecule has 1 aliphatic rings. The third kappa shape index (κ3) is 4.06. The minimum Gasteiger partial charge on any atom is -0.394 e. The van der Waals surface area contributed by atoms with Gasteiger partial charge in [0.2, 0.25) is 0 Å². The number of anilines is 1. The van der Waals surface area contributed by atoms with Crippen LogP contribution in [-0.2, 0) is 0 Å². The van der Waals surface area contributed by atoms with E-state index in [2.05, 4.69) is 10.6 Å². The maximum atomic E-state index is 12.4. The van der Waals surface area contributed by atoms with Gasteiger partial charge in [0.25, 0.3) is 11.8 Å². The van der Waals surface area contributed by atoms with E-state index in [-0.39, 0.29) is 18.4 Å². The summed E-state index contributed by atoms with van der Waals surface area (Å²) in [5, 5.41) is 15.4. The second kappa shape index (κ2) is 7.49. The molecule has 0 bridgehead atoms. The fourth-order valence-electron chi connectivity index (χ4n) is 3.19. The molecule has 3 rings (SSSR count). The van der Waals surface area contributed by atoms with Crippen molar-refractivity contribution in [2.75, 3.05) is 11.9 Å². The lowest BCUT2D eigenvalue weighted by atomic mass is 9.98. The van der Waals surface area contributed by atoms with E-state index < -0.39 is 5.54 Å². The Morgan fingerprint density at radius 2 is 1.48 bits per heavy atom. The number of amides is 2. The van der Waals surface area contributed by atoms with Crippen LogP contribution in [0.1, 0.15) is 46.4 Å². The van der Waals surface area contributed by atoms with Gasteiger partial charge in [-0.2, -0.15) is 0 Å². The lowest BCUT2D eigenvalue weighted by molar-refractivity contribution is 0.0838. The summed E-state index contributed by atoms with van der Waals surface area (Å²) in [5.74, 6) is -0.389. The Labute approximate surface area is 147 Å². The quantitative estimate of drug-likeness (QED) is 0.784. The van der Waals surface area contributed by atoms with Gasteiger partial charge in [0.1, 0.15) is 0 Å². The number of nitrogens with one attached hydrogen (secondary N) is 2. The van der Waals surface area contributed by atoms with Crippen molar-refractivity contribution in [2.24, 2.45) is 0 Å². The zero-order valence-corrected chi connectivity index (χ0v) is 14.0. The number of aliphatic hydroxyl groups excluding tert-OH is 1. The summed E-state index contributed by atoms with van der Waals surface area (Å²) in [6.45, 7) is -0.0377. The van der Waals surface area contributed by atoms with Crippen LogP contribution in [0.15, 0.2) is 54.6 Å². The molecule has 0 heterocycles.